The van der Waals surface area contributed by atoms with Crippen LogP contribution in [0.1, 0.15) is 47.6 Å². The van der Waals surface area contributed by atoms with Gasteiger partial charge in [0.25, 0.3) is 15.6 Å². The van der Waals surface area contributed by atoms with E-state index < -0.39 is 26.8 Å². The highest BCUT2D eigenvalue weighted by Gasteiger charge is 2.41. The molecule has 2 aliphatic rings. The number of nitrogens with zero attached hydrogens (tertiary/aromatic N) is 4. The van der Waals surface area contributed by atoms with Gasteiger partial charge >= 0.3 is 5.69 Å². The zero-order valence-corrected chi connectivity index (χ0v) is 22.4. The predicted octanol–water partition coefficient (Wildman–Crippen LogP) is 2.22. The number of fused-ring (bicyclic) bond motifs is 2. The first-order chi connectivity index (χ1) is 17.5. The lowest BCUT2D eigenvalue weighted by Gasteiger charge is -2.14. The van der Waals surface area contributed by atoms with E-state index in [4.69, 9.17) is 4.74 Å². The lowest BCUT2D eigenvalue weighted by Crippen LogP contribution is -2.40. The van der Waals surface area contributed by atoms with Crippen molar-refractivity contribution < 1.29 is 13.2 Å². The fourth-order valence-electron chi connectivity index (χ4n) is 4.73. The predicted molar refractivity (Wildman–Crippen MR) is 139 cm³/mol. The van der Waals surface area contributed by atoms with Crippen molar-refractivity contribution in [2.24, 2.45) is 7.05 Å². The van der Waals surface area contributed by atoms with Crippen LogP contribution >= 0.6 is 11.3 Å². The molecule has 10 nitrogen and oxygen atoms in total. The van der Waals surface area contributed by atoms with Crippen LogP contribution in [0.25, 0.3) is 10.2 Å². The second-order valence-electron chi connectivity index (χ2n) is 10.3. The maximum absolute atomic E-state index is 13.8. The average molecular weight is 542 g/mol. The van der Waals surface area contributed by atoms with E-state index in [0.29, 0.717) is 23.6 Å². The lowest BCUT2D eigenvalue weighted by atomic mass is 10.0. The first-order valence-corrected chi connectivity index (χ1v) is 14.3. The highest BCUT2D eigenvalue weighted by atomic mass is 32.2. The maximum Gasteiger partial charge on any atom is 0.332 e. The Morgan fingerprint density at radius 1 is 1.11 bits per heavy atom. The van der Waals surface area contributed by atoms with Gasteiger partial charge in [-0.1, -0.05) is 12.1 Å². The van der Waals surface area contributed by atoms with Gasteiger partial charge in [0.05, 0.1) is 37.9 Å². The zero-order valence-electron chi connectivity index (χ0n) is 20.8. The molecule has 0 atom stereocenters. The van der Waals surface area contributed by atoms with Crippen LogP contribution in [-0.4, -0.2) is 32.9 Å². The van der Waals surface area contributed by atoms with Crippen molar-refractivity contribution in [2.45, 2.75) is 62.7 Å². The number of hydrogen-bond donors (Lipinski definition) is 1. The Labute approximate surface area is 217 Å². The van der Waals surface area contributed by atoms with E-state index in [2.05, 4.69) is 15.9 Å². The Morgan fingerprint density at radius 2 is 1.84 bits per heavy atom. The molecular formula is C25H27N5O5S2. The number of aryl methyl sites for hydroxylation is 2. The number of sulfonamides is 1. The summed E-state index contributed by atoms with van der Waals surface area (Å²) in [4.78, 5) is 27.6. The number of thiophene rings is 1. The summed E-state index contributed by atoms with van der Waals surface area (Å²) >= 11 is 0.955. The molecule has 1 aliphatic carbocycles. The van der Waals surface area contributed by atoms with Crippen LogP contribution in [0.5, 0.6) is 0 Å². The third-order valence-corrected chi connectivity index (χ3v) is 10.4. The quantitative estimate of drug-likeness (QED) is 0.384. The van der Waals surface area contributed by atoms with E-state index >= 15 is 0 Å². The van der Waals surface area contributed by atoms with Crippen molar-refractivity contribution in [1.82, 2.24) is 23.6 Å². The molecule has 0 amide bonds. The number of benzene rings is 1. The molecule has 6 rings (SSSR count). The van der Waals surface area contributed by atoms with E-state index in [0.717, 1.165) is 51.0 Å². The third-order valence-electron chi connectivity index (χ3n) is 7.12. The summed E-state index contributed by atoms with van der Waals surface area (Å²) in [5, 5.41) is 4.35. The van der Waals surface area contributed by atoms with Crippen LogP contribution in [0.15, 0.2) is 44.4 Å². The largest absolute Gasteiger partial charge is 0.372 e. The Kier molecular flexibility index (Phi) is 5.57. The molecule has 4 heterocycles. The highest BCUT2D eigenvalue weighted by Crippen LogP contribution is 2.37. The molecule has 0 unspecified atom stereocenters. The first-order valence-electron chi connectivity index (χ1n) is 12.0. The summed E-state index contributed by atoms with van der Waals surface area (Å²) in [7, 11) is -2.08. The van der Waals surface area contributed by atoms with E-state index in [9.17, 15) is 18.0 Å². The fraction of sp³-hybridized carbons (Fsp3) is 0.400. The van der Waals surface area contributed by atoms with Crippen molar-refractivity contribution >= 4 is 31.6 Å². The van der Waals surface area contributed by atoms with Gasteiger partial charge in [0.15, 0.2) is 0 Å². The van der Waals surface area contributed by atoms with Gasteiger partial charge in [-0.05, 0) is 55.0 Å². The fourth-order valence-corrected chi connectivity index (χ4v) is 7.64. The van der Waals surface area contributed by atoms with Crippen LogP contribution in [0.3, 0.4) is 0 Å². The summed E-state index contributed by atoms with van der Waals surface area (Å²) in [6.45, 7) is 5.15. The van der Waals surface area contributed by atoms with E-state index in [1.54, 1.807) is 24.1 Å². The molecular weight excluding hydrogens is 514 g/mol. The van der Waals surface area contributed by atoms with Crippen LogP contribution < -0.4 is 16.0 Å². The van der Waals surface area contributed by atoms with E-state index in [-0.39, 0.29) is 22.7 Å². The summed E-state index contributed by atoms with van der Waals surface area (Å²) in [5.74, 6) is 0. The number of hydrogen-bond acceptors (Lipinski definition) is 7. The minimum atomic E-state index is -3.85. The Bertz CT molecular complexity index is 1790. The van der Waals surface area contributed by atoms with Gasteiger partial charge in [-0.3, -0.25) is 18.6 Å². The molecule has 4 aromatic rings. The summed E-state index contributed by atoms with van der Waals surface area (Å²) < 4.78 is 38.9. The van der Waals surface area contributed by atoms with E-state index in [1.807, 2.05) is 19.9 Å². The third kappa shape index (κ3) is 4.37. The number of ether oxygens (including phenoxy) is 1. The molecule has 0 spiro atoms. The zero-order chi connectivity index (χ0) is 26.1. The van der Waals surface area contributed by atoms with Crippen molar-refractivity contribution in [3.63, 3.8) is 0 Å². The minimum Gasteiger partial charge on any atom is -0.372 e. The van der Waals surface area contributed by atoms with Gasteiger partial charge in [-0.15, -0.1) is 11.3 Å². The van der Waals surface area contributed by atoms with Gasteiger partial charge in [0, 0.05) is 24.3 Å². The van der Waals surface area contributed by atoms with Gasteiger partial charge in [-0.25, -0.2) is 17.9 Å². The van der Waals surface area contributed by atoms with Gasteiger partial charge < -0.3 is 4.74 Å². The molecule has 1 aromatic carbocycles. The number of aromatic nitrogens is 4. The standard InChI is InChI=1S/C25H27N5O5S2/c1-15-6-18-13-35-14-19(18)7-17(15)12-30-23-20(8-21(36-23)37(33,34)27-25(2)4-5-25)22(31)29(24(30)32)11-16-9-26-28(3)10-16/h6-10,27H,4-5,11-14H2,1-3H3. The van der Waals surface area contributed by atoms with Crippen LogP contribution in [0, 0.1) is 6.92 Å². The van der Waals surface area contributed by atoms with Crippen LogP contribution in [-0.2, 0) is 48.1 Å². The summed E-state index contributed by atoms with van der Waals surface area (Å²) in [6, 6.07) is 5.50. The SMILES string of the molecule is Cc1cc2c(cc1Cn1c(=O)n(Cc3cnn(C)c3)c(=O)c3cc(S(=O)(=O)NC4(C)CC4)sc31)COC2. The smallest absolute Gasteiger partial charge is 0.332 e. The first kappa shape index (κ1) is 24.3. The number of rotatable bonds is 7. The topological polar surface area (TPSA) is 117 Å². The van der Waals surface area contributed by atoms with Crippen molar-refractivity contribution in [1.29, 1.82) is 0 Å². The Balaban J connectivity index is 1.53. The molecule has 1 aliphatic heterocycles. The van der Waals surface area contributed by atoms with Gasteiger partial charge in [-0.2, -0.15) is 5.10 Å². The van der Waals surface area contributed by atoms with Crippen molar-refractivity contribution in [3.8, 4) is 0 Å². The molecule has 0 saturated heterocycles. The minimum absolute atomic E-state index is 0.0269. The maximum atomic E-state index is 13.8. The second-order valence-corrected chi connectivity index (χ2v) is 13.2. The van der Waals surface area contributed by atoms with Gasteiger partial charge in [0.1, 0.15) is 9.04 Å². The summed E-state index contributed by atoms with van der Waals surface area (Å²) in [6.07, 6.45) is 4.88. The normalized spacial score (nSPS) is 16.4. The molecule has 3 aromatic heterocycles. The Morgan fingerprint density at radius 3 is 2.51 bits per heavy atom. The molecule has 194 valence electrons. The highest BCUT2D eigenvalue weighted by molar-refractivity contribution is 7.91. The van der Waals surface area contributed by atoms with Crippen LogP contribution in [0.2, 0.25) is 0 Å². The second kappa shape index (κ2) is 8.48. The lowest BCUT2D eigenvalue weighted by molar-refractivity contribution is 0.134. The molecule has 1 N–H and O–H groups in total. The molecule has 12 heteroatoms. The van der Waals surface area contributed by atoms with E-state index in [1.165, 1.54) is 10.6 Å². The molecule has 37 heavy (non-hydrogen) atoms. The molecule has 0 bridgehead atoms. The average Bonchev–Trinajstić information content (AvgIpc) is 3.23. The monoisotopic (exact) mass is 541 g/mol. The molecule has 1 fully saturated rings. The van der Waals surface area contributed by atoms with Crippen LogP contribution in [0.4, 0.5) is 0 Å². The number of nitrogens with one attached hydrogen (secondary N) is 1. The molecule has 1 saturated carbocycles. The van der Waals surface area contributed by atoms with Crippen molar-refractivity contribution in [2.75, 3.05) is 0 Å². The summed E-state index contributed by atoms with van der Waals surface area (Å²) in [5.41, 5.74) is 3.35. The Hall–Kier alpha value is -3.06. The van der Waals surface area contributed by atoms with Gasteiger partial charge in [0.2, 0.25) is 0 Å². The van der Waals surface area contributed by atoms with Crippen molar-refractivity contribution in [3.05, 3.63) is 79.2 Å². The molecule has 0 radical (unpaired) electrons.